The Labute approximate surface area is 207 Å². The van der Waals surface area contributed by atoms with Gasteiger partial charge in [0.25, 0.3) is 0 Å². The van der Waals surface area contributed by atoms with E-state index in [9.17, 15) is 14.4 Å². The minimum atomic E-state index is -0.515. The summed E-state index contributed by atoms with van der Waals surface area (Å²) in [6.07, 6.45) is 1.33. The summed E-state index contributed by atoms with van der Waals surface area (Å²) in [6.45, 7) is 4.03. The van der Waals surface area contributed by atoms with Crippen LogP contribution in [0.1, 0.15) is 43.2 Å². The van der Waals surface area contributed by atoms with Gasteiger partial charge in [0.2, 0.25) is 11.8 Å². The van der Waals surface area contributed by atoms with E-state index in [2.05, 4.69) is 15.6 Å². The lowest BCUT2D eigenvalue weighted by molar-refractivity contribution is -0.142. The Morgan fingerprint density at radius 2 is 1.76 bits per heavy atom. The fourth-order valence-corrected chi connectivity index (χ4v) is 4.82. The first kappa shape index (κ1) is 25.5. The standard InChI is InChI=1S/C25H27N3O4S2/c1-3-8-21(29)26-18-11-13-20(14-12-18)34-23(17-9-6-5-7-10-17)24(31)28-25-27-19(16-33-25)15-22(30)32-4-2/h5-7,9-14,16,23H,3-4,8,15H2,1-2H3,(H,26,29)(H,27,28,31). The number of amides is 2. The maximum atomic E-state index is 13.2. The summed E-state index contributed by atoms with van der Waals surface area (Å²) in [5.74, 6) is -0.582. The van der Waals surface area contributed by atoms with E-state index in [0.717, 1.165) is 22.6 Å². The normalized spacial score (nSPS) is 11.5. The fraction of sp³-hybridized carbons (Fsp3) is 0.280. The molecule has 0 spiro atoms. The Kier molecular flexibility index (Phi) is 9.66. The van der Waals surface area contributed by atoms with Crippen LogP contribution in [0.15, 0.2) is 64.9 Å². The summed E-state index contributed by atoms with van der Waals surface area (Å²) in [6, 6.07) is 16.9. The van der Waals surface area contributed by atoms with Crippen LogP contribution in [0.25, 0.3) is 0 Å². The molecule has 1 atom stereocenters. The molecule has 2 amide bonds. The first-order chi connectivity index (χ1) is 16.5. The van der Waals surface area contributed by atoms with Crippen molar-refractivity contribution in [2.24, 2.45) is 0 Å². The molecule has 0 aliphatic heterocycles. The van der Waals surface area contributed by atoms with Gasteiger partial charge >= 0.3 is 5.97 Å². The summed E-state index contributed by atoms with van der Waals surface area (Å²) >= 11 is 2.68. The van der Waals surface area contributed by atoms with Crippen molar-refractivity contribution in [3.8, 4) is 0 Å². The predicted octanol–water partition coefficient (Wildman–Crippen LogP) is 5.46. The number of nitrogens with one attached hydrogen (secondary N) is 2. The van der Waals surface area contributed by atoms with E-state index in [0.29, 0.717) is 23.9 Å². The van der Waals surface area contributed by atoms with E-state index in [1.165, 1.54) is 23.1 Å². The Morgan fingerprint density at radius 3 is 2.44 bits per heavy atom. The van der Waals surface area contributed by atoms with Crippen LogP contribution in [0, 0.1) is 0 Å². The van der Waals surface area contributed by atoms with Crippen LogP contribution in [-0.2, 0) is 25.5 Å². The lowest BCUT2D eigenvalue weighted by Crippen LogP contribution is -2.19. The zero-order valence-corrected chi connectivity index (χ0v) is 20.7. The van der Waals surface area contributed by atoms with E-state index < -0.39 is 5.25 Å². The fourth-order valence-electron chi connectivity index (χ4n) is 3.08. The monoisotopic (exact) mass is 497 g/mol. The Hall–Kier alpha value is -3.17. The molecule has 7 nitrogen and oxygen atoms in total. The van der Waals surface area contributed by atoms with Gasteiger partial charge in [-0.25, -0.2) is 4.98 Å². The average Bonchev–Trinajstić information content (AvgIpc) is 3.25. The van der Waals surface area contributed by atoms with Crippen LogP contribution >= 0.6 is 23.1 Å². The number of anilines is 2. The van der Waals surface area contributed by atoms with Crippen LogP contribution in [0.5, 0.6) is 0 Å². The van der Waals surface area contributed by atoms with Gasteiger partial charge in [-0.1, -0.05) is 37.3 Å². The lowest BCUT2D eigenvalue weighted by Gasteiger charge is -2.16. The highest BCUT2D eigenvalue weighted by Crippen LogP contribution is 2.37. The SMILES string of the molecule is CCCC(=O)Nc1ccc(SC(C(=O)Nc2nc(CC(=O)OCC)cs2)c2ccccc2)cc1. The minimum absolute atomic E-state index is 0.0183. The number of aromatic nitrogens is 1. The van der Waals surface area contributed by atoms with Gasteiger partial charge in [0.1, 0.15) is 5.25 Å². The molecule has 2 aromatic carbocycles. The second-order valence-corrected chi connectivity index (χ2v) is 9.38. The number of carbonyl (C=O) groups is 3. The van der Waals surface area contributed by atoms with Crippen LogP contribution in [-0.4, -0.2) is 29.4 Å². The van der Waals surface area contributed by atoms with Gasteiger partial charge in [0, 0.05) is 22.4 Å². The van der Waals surface area contributed by atoms with Crippen molar-refractivity contribution in [1.82, 2.24) is 4.98 Å². The van der Waals surface area contributed by atoms with Crippen LogP contribution in [0.2, 0.25) is 0 Å². The molecule has 1 aromatic heterocycles. The van der Waals surface area contributed by atoms with Crippen LogP contribution < -0.4 is 10.6 Å². The number of rotatable bonds is 11. The molecule has 0 radical (unpaired) electrons. The number of thiazole rings is 1. The third kappa shape index (κ3) is 7.71. The van der Waals surface area contributed by atoms with Crippen LogP contribution in [0.3, 0.4) is 0 Å². The quantitative estimate of drug-likeness (QED) is 0.270. The number of esters is 1. The van der Waals surface area contributed by atoms with E-state index in [1.54, 1.807) is 12.3 Å². The van der Waals surface area contributed by atoms with Gasteiger partial charge in [0.05, 0.1) is 18.7 Å². The van der Waals surface area contributed by atoms with Gasteiger partial charge < -0.3 is 15.4 Å². The number of benzene rings is 2. The second kappa shape index (κ2) is 12.9. The number of hydrogen-bond acceptors (Lipinski definition) is 7. The maximum Gasteiger partial charge on any atom is 0.311 e. The van der Waals surface area contributed by atoms with Crippen molar-refractivity contribution in [2.45, 2.75) is 43.3 Å². The van der Waals surface area contributed by atoms with Crippen molar-refractivity contribution < 1.29 is 19.1 Å². The first-order valence-corrected chi connectivity index (χ1v) is 12.8. The van der Waals surface area contributed by atoms with Crippen molar-refractivity contribution in [2.75, 3.05) is 17.2 Å². The van der Waals surface area contributed by atoms with Crippen molar-refractivity contribution in [3.63, 3.8) is 0 Å². The first-order valence-electron chi connectivity index (χ1n) is 11.0. The van der Waals surface area contributed by atoms with E-state index in [-0.39, 0.29) is 24.2 Å². The molecule has 1 heterocycles. The molecule has 9 heteroatoms. The third-order valence-electron chi connectivity index (χ3n) is 4.62. The summed E-state index contributed by atoms with van der Waals surface area (Å²) in [5, 5.41) is 7.40. The number of thioether (sulfide) groups is 1. The summed E-state index contributed by atoms with van der Waals surface area (Å²) in [7, 11) is 0. The lowest BCUT2D eigenvalue weighted by atomic mass is 10.1. The van der Waals surface area contributed by atoms with Crippen molar-refractivity contribution in [1.29, 1.82) is 0 Å². The molecule has 3 aromatic rings. The Bertz CT molecular complexity index is 1100. The largest absolute Gasteiger partial charge is 0.466 e. The minimum Gasteiger partial charge on any atom is -0.466 e. The molecule has 34 heavy (non-hydrogen) atoms. The maximum absolute atomic E-state index is 13.2. The summed E-state index contributed by atoms with van der Waals surface area (Å²) in [4.78, 5) is 42.0. The molecular weight excluding hydrogens is 470 g/mol. The molecule has 0 aliphatic rings. The number of carbonyl (C=O) groups excluding carboxylic acids is 3. The van der Waals surface area contributed by atoms with Gasteiger partial charge in [-0.15, -0.1) is 23.1 Å². The van der Waals surface area contributed by atoms with E-state index in [4.69, 9.17) is 4.74 Å². The molecular formula is C25H27N3O4S2. The highest BCUT2D eigenvalue weighted by Gasteiger charge is 2.23. The third-order valence-corrected chi connectivity index (χ3v) is 6.69. The Balaban J connectivity index is 1.70. The zero-order valence-electron chi connectivity index (χ0n) is 19.1. The highest BCUT2D eigenvalue weighted by molar-refractivity contribution is 8.00. The molecule has 0 bridgehead atoms. The van der Waals surface area contributed by atoms with Gasteiger partial charge in [-0.3, -0.25) is 14.4 Å². The van der Waals surface area contributed by atoms with Crippen molar-refractivity contribution >= 4 is 51.7 Å². The average molecular weight is 498 g/mol. The molecule has 0 aliphatic carbocycles. The highest BCUT2D eigenvalue weighted by atomic mass is 32.2. The number of hydrogen-bond donors (Lipinski definition) is 2. The van der Waals surface area contributed by atoms with E-state index >= 15 is 0 Å². The second-order valence-electron chi connectivity index (χ2n) is 7.35. The summed E-state index contributed by atoms with van der Waals surface area (Å²) in [5.41, 5.74) is 2.14. The molecule has 178 valence electrons. The number of ether oxygens (including phenoxy) is 1. The molecule has 2 N–H and O–H groups in total. The molecule has 1 unspecified atom stereocenters. The van der Waals surface area contributed by atoms with Crippen molar-refractivity contribution in [3.05, 3.63) is 71.2 Å². The van der Waals surface area contributed by atoms with Gasteiger partial charge in [-0.05, 0) is 43.2 Å². The zero-order chi connectivity index (χ0) is 24.3. The van der Waals surface area contributed by atoms with Gasteiger partial charge in [0.15, 0.2) is 5.13 Å². The van der Waals surface area contributed by atoms with Crippen LogP contribution in [0.4, 0.5) is 10.8 Å². The molecule has 0 fully saturated rings. The number of nitrogens with zero attached hydrogens (tertiary/aromatic N) is 1. The molecule has 3 rings (SSSR count). The van der Waals surface area contributed by atoms with Gasteiger partial charge in [-0.2, -0.15) is 0 Å². The smallest absolute Gasteiger partial charge is 0.311 e. The van der Waals surface area contributed by atoms with E-state index in [1.807, 2.05) is 61.5 Å². The topological polar surface area (TPSA) is 97.4 Å². The summed E-state index contributed by atoms with van der Waals surface area (Å²) < 4.78 is 4.95. The predicted molar refractivity (Wildman–Crippen MR) is 136 cm³/mol. The Morgan fingerprint density at radius 1 is 1.03 bits per heavy atom. The molecule has 0 saturated heterocycles. The molecule has 0 saturated carbocycles.